The highest BCUT2D eigenvalue weighted by Crippen LogP contribution is 2.19. The van der Waals surface area contributed by atoms with Crippen molar-refractivity contribution in [2.24, 2.45) is 11.8 Å². The van der Waals surface area contributed by atoms with E-state index >= 15 is 0 Å². The van der Waals surface area contributed by atoms with Gasteiger partial charge in [-0.3, -0.25) is 4.79 Å². The molecule has 1 heterocycles. The van der Waals surface area contributed by atoms with Gasteiger partial charge in [0.1, 0.15) is 0 Å². The van der Waals surface area contributed by atoms with Gasteiger partial charge in [0, 0.05) is 19.6 Å². The van der Waals surface area contributed by atoms with Crippen LogP contribution >= 0.6 is 0 Å². The highest BCUT2D eigenvalue weighted by atomic mass is 32.2. The molecule has 1 rings (SSSR count). The van der Waals surface area contributed by atoms with Gasteiger partial charge in [-0.2, -0.15) is 0 Å². The summed E-state index contributed by atoms with van der Waals surface area (Å²) in [7, 11) is -3.17. The van der Waals surface area contributed by atoms with E-state index < -0.39 is 10.0 Å². The second-order valence-electron chi connectivity index (χ2n) is 5.24. The molecule has 0 aromatic rings. The normalized spacial score (nSPS) is 22.1. The summed E-state index contributed by atoms with van der Waals surface area (Å²) < 4.78 is 25.0. The van der Waals surface area contributed by atoms with Gasteiger partial charge in [0.2, 0.25) is 15.9 Å². The summed E-state index contributed by atoms with van der Waals surface area (Å²) in [4.78, 5) is 11.9. The van der Waals surface area contributed by atoms with Crippen LogP contribution in [0.2, 0.25) is 0 Å². The average molecular weight is 276 g/mol. The standard InChI is InChI=1S/C12H24N2O3S/c1-4-18(16,17)14-7-5-6-11(9-14)12(15)13-8-10(2)3/h10-11H,4-9H2,1-3H3,(H,13,15)/t11-/m1/s1. The minimum absolute atomic E-state index is 0.0142. The Bertz CT molecular complexity index is 379. The summed E-state index contributed by atoms with van der Waals surface area (Å²) in [6.07, 6.45) is 1.54. The maximum Gasteiger partial charge on any atom is 0.224 e. The zero-order valence-corrected chi connectivity index (χ0v) is 12.3. The first-order valence-corrected chi connectivity index (χ1v) is 8.23. The first-order chi connectivity index (χ1) is 8.36. The van der Waals surface area contributed by atoms with E-state index in [2.05, 4.69) is 5.32 Å². The quantitative estimate of drug-likeness (QED) is 0.808. The molecule has 0 bridgehead atoms. The molecule has 1 amide bonds. The predicted molar refractivity (Wildman–Crippen MR) is 71.6 cm³/mol. The van der Waals surface area contributed by atoms with Crippen molar-refractivity contribution in [2.75, 3.05) is 25.4 Å². The number of amides is 1. The Kier molecular flexibility index (Phi) is 5.59. The number of nitrogens with one attached hydrogen (secondary N) is 1. The first kappa shape index (κ1) is 15.4. The van der Waals surface area contributed by atoms with Crippen LogP contribution < -0.4 is 5.32 Å². The molecule has 0 spiro atoms. The molecule has 106 valence electrons. The minimum Gasteiger partial charge on any atom is -0.356 e. The van der Waals surface area contributed by atoms with Crippen molar-refractivity contribution in [1.82, 2.24) is 9.62 Å². The molecule has 0 radical (unpaired) electrons. The Morgan fingerprint density at radius 2 is 2.11 bits per heavy atom. The van der Waals surface area contributed by atoms with Crippen molar-refractivity contribution in [2.45, 2.75) is 33.6 Å². The lowest BCUT2D eigenvalue weighted by atomic mass is 9.98. The molecule has 1 N–H and O–H groups in total. The van der Waals surface area contributed by atoms with Crippen molar-refractivity contribution in [3.63, 3.8) is 0 Å². The number of nitrogens with zero attached hydrogens (tertiary/aromatic N) is 1. The van der Waals surface area contributed by atoms with E-state index in [0.717, 1.165) is 12.8 Å². The van der Waals surface area contributed by atoms with Crippen molar-refractivity contribution in [3.05, 3.63) is 0 Å². The van der Waals surface area contributed by atoms with E-state index in [1.807, 2.05) is 13.8 Å². The zero-order chi connectivity index (χ0) is 13.8. The van der Waals surface area contributed by atoms with Gasteiger partial charge < -0.3 is 5.32 Å². The van der Waals surface area contributed by atoms with Crippen LogP contribution in [-0.4, -0.2) is 44.0 Å². The molecule has 6 heteroatoms. The van der Waals surface area contributed by atoms with Gasteiger partial charge >= 0.3 is 0 Å². The topological polar surface area (TPSA) is 66.5 Å². The van der Waals surface area contributed by atoms with Crippen molar-refractivity contribution in [3.8, 4) is 0 Å². The maximum absolute atomic E-state index is 11.9. The van der Waals surface area contributed by atoms with Crippen LogP contribution in [0.5, 0.6) is 0 Å². The second-order valence-corrected chi connectivity index (χ2v) is 7.49. The van der Waals surface area contributed by atoms with Gasteiger partial charge in [-0.25, -0.2) is 12.7 Å². The second kappa shape index (κ2) is 6.52. The molecule has 1 aliphatic rings. The van der Waals surface area contributed by atoms with E-state index in [-0.39, 0.29) is 17.6 Å². The molecule has 0 unspecified atom stereocenters. The summed E-state index contributed by atoms with van der Waals surface area (Å²) in [5, 5.41) is 2.88. The highest BCUT2D eigenvalue weighted by Gasteiger charge is 2.31. The smallest absolute Gasteiger partial charge is 0.224 e. The van der Waals surface area contributed by atoms with E-state index in [0.29, 0.717) is 25.6 Å². The van der Waals surface area contributed by atoms with Gasteiger partial charge in [0.05, 0.1) is 11.7 Å². The van der Waals surface area contributed by atoms with Crippen LogP contribution in [0.15, 0.2) is 0 Å². The minimum atomic E-state index is -3.17. The third-order valence-electron chi connectivity index (χ3n) is 3.20. The fourth-order valence-electron chi connectivity index (χ4n) is 2.04. The van der Waals surface area contributed by atoms with Crippen LogP contribution in [0.4, 0.5) is 0 Å². The predicted octanol–water partition coefficient (Wildman–Crippen LogP) is 0.820. The number of hydrogen-bond acceptors (Lipinski definition) is 3. The van der Waals surface area contributed by atoms with Gasteiger partial charge in [-0.15, -0.1) is 0 Å². The molecule has 1 saturated heterocycles. The fraction of sp³-hybridized carbons (Fsp3) is 0.917. The Morgan fingerprint density at radius 1 is 1.44 bits per heavy atom. The monoisotopic (exact) mass is 276 g/mol. The van der Waals surface area contributed by atoms with Crippen LogP contribution in [0.3, 0.4) is 0 Å². The van der Waals surface area contributed by atoms with E-state index in [9.17, 15) is 13.2 Å². The van der Waals surface area contributed by atoms with E-state index in [4.69, 9.17) is 0 Å². The largest absolute Gasteiger partial charge is 0.356 e. The SMILES string of the molecule is CCS(=O)(=O)N1CCC[C@@H](C(=O)NCC(C)C)C1. The Hall–Kier alpha value is -0.620. The third-order valence-corrected chi connectivity index (χ3v) is 5.05. The Labute approximate surface area is 110 Å². The molecule has 5 nitrogen and oxygen atoms in total. The molecule has 0 saturated carbocycles. The molecular formula is C12H24N2O3S. The van der Waals surface area contributed by atoms with Crippen LogP contribution in [0.1, 0.15) is 33.6 Å². The number of carbonyl (C=O) groups is 1. The molecule has 0 aliphatic carbocycles. The van der Waals surface area contributed by atoms with Crippen molar-refractivity contribution < 1.29 is 13.2 Å². The molecule has 0 aromatic heterocycles. The van der Waals surface area contributed by atoms with E-state index in [1.165, 1.54) is 4.31 Å². The molecule has 1 fully saturated rings. The van der Waals surface area contributed by atoms with Crippen molar-refractivity contribution >= 4 is 15.9 Å². The Balaban J connectivity index is 2.56. The summed E-state index contributed by atoms with van der Waals surface area (Å²) >= 11 is 0. The Morgan fingerprint density at radius 3 is 2.67 bits per heavy atom. The van der Waals surface area contributed by atoms with Gasteiger partial charge in [-0.1, -0.05) is 13.8 Å². The van der Waals surface area contributed by atoms with Crippen LogP contribution in [0.25, 0.3) is 0 Å². The summed E-state index contributed by atoms with van der Waals surface area (Å²) in [6.45, 7) is 7.24. The molecule has 0 aromatic carbocycles. The number of rotatable bonds is 5. The van der Waals surface area contributed by atoms with Crippen molar-refractivity contribution in [1.29, 1.82) is 0 Å². The summed E-state index contributed by atoms with van der Waals surface area (Å²) in [5.74, 6) is 0.305. The lowest BCUT2D eigenvalue weighted by Gasteiger charge is -2.31. The lowest BCUT2D eigenvalue weighted by Crippen LogP contribution is -2.46. The van der Waals surface area contributed by atoms with Gasteiger partial charge in [0.25, 0.3) is 0 Å². The number of sulfonamides is 1. The van der Waals surface area contributed by atoms with Gasteiger partial charge in [-0.05, 0) is 25.7 Å². The zero-order valence-electron chi connectivity index (χ0n) is 11.5. The molecular weight excluding hydrogens is 252 g/mol. The number of carbonyl (C=O) groups excluding carboxylic acids is 1. The molecule has 18 heavy (non-hydrogen) atoms. The molecule has 1 atom stereocenters. The highest BCUT2D eigenvalue weighted by molar-refractivity contribution is 7.89. The average Bonchev–Trinajstić information content (AvgIpc) is 2.36. The van der Waals surface area contributed by atoms with E-state index in [1.54, 1.807) is 6.92 Å². The first-order valence-electron chi connectivity index (χ1n) is 6.62. The van der Waals surface area contributed by atoms with Crippen LogP contribution in [-0.2, 0) is 14.8 Å². The summed E-state index contributed by atoms with van der Waals surface area (Å²) in [5.41, 5.74) is 0. The molecule has 1 aliphatic heterocycles. The fourth-order valence-corrected chi connectivity index (χ4v) is 3.22. The maximum atomic E-state index is 11.9. The number of hydrogen-bond donors (Lipinski definition) is 1. The van der Waals surface area contributed by atoms with Crippen LogP contribution in [0, 0.1) is 11.8 Å². The van der Waals surface area contributed by atoms with Gasteiger partial charge in [0.15, 0.2) is 0 Å². The number of piperidine rings is 1. The summed E-state index contributed by atoms with van der Waals surface area (Å²) in [6, 6.07) is 0. The third kappa shape index (κ3) is 4.24. The lowest BCUT2D eigenvalue weighted by molar-refractivity contribution is -0.126.